The Kier molecular flexibility index (Phi) is 3.43. The average Bonchev–Trinajstić information content (AvgIpc) is 2.30. The Morgan fingerprint density at radius 2 is 1.56 bits per heavy atom. The summed E-state index contributed by atoms with van der Waals surface area (Å²) < 4.78 is 0. The van der Waals surface area contributed by atoms with Crippen LogP contribution in [0.3, 0.4) is 0 Å². The molecule has 4 nitrogen and oxygen atoms in total. The number of hydrogen-bond donors (Lipinski definition) is 2. The van der Waals surface area contributed by atoms with Crippen LogP contribution in [0.2, 0.25) is 0 Å². The summed E-state index contributed by atoms with van der Waals surface area (Å²) in [4.78, 5) is 4.62. The smallest absolute Gasteiger partial charge is 0.178 e. The third-order valence-corrected chi connectivity index (χ3v) is 3.06. The maximum absolute atomic E-state index is 8.99. The van der Waals surface area contributed by atoms with Crippen LogP contribution in [0.15, 0.2) is 24.3 Å². The summed E-state index contributed by atoms with van der Waals surface area (Å²) in [6, 6.07) is 7.41. The zero-order valence-electron chi connectivity index (χ0n) is 9.50. The van der Waals surface area contributed by atoms with Crippen molar-refractivity contribution in [2.75, 3.05) is 38.1 Å². The average molecular weight is 222 g/mol. The van der Waals surface area contributed by atoms with Crippen molar-refractivity contribution in [2.24, 2.45) is 0 Å². The molecule has 0 spiro atoms. The molecule has 0 aliphatic carbocycles. The molecule has 0 bridgehead atoms. The number of piperazine rings is 1. The van der Waals surface area contributed by atoms with E-state index in [1.807, 2.05) is 12.1 Å². The summed E-state index contributed by atoms with van der Waals surface area (Å²) in [5.74, 6) is 0. The van der Waals surface area contributed by atoms with Crippen molar-refractivity contribution in [1.82, 2.24) is 4.90 Å². The zero-order chi connectivity index (χ0) is 11.5. The maximum Gasteiger partial charge on any atom is 0.178 e. The standard InChI is InChI=1S/C12H18N2O2/c1-13-6-8-14(9-7-13)11-4-2-10(3-5-11)12(15)16/h2-5,12,15-16H,6-9H2,1H3. The van der Waals surface area contributed by atoms with E-state index in [-0.39, 0.29) is 0 Å². The van der Waals surface area contributed by atoms with Gasteiger partial charge in [-0.15, -0.1) is 0 Å². The van der Waals surface area contributed by atoms with Crippen LogP contribution in [-0.4, -0.2) is 48.3 Å². The van der Waals surface area contributed by atoms with Crippen molar-refractivity contribution in [1.29, 1.82) is 0 Å². The molecule has 16 heavy (non-hydrogen) atoms. The molecule has 1 aliphatic rings. The van der Waals surface area contributed by atoms with E-state index < -0.39 is 6.29 Å². The molecule has 0 amide bonds. The quantitative estimate of drug-likeness (QED) is 0.712. The Hall–Kier alpha value is -1.10. The normalized spacial score (nSPS) is 18.1. The van der Waals surface area contributed by atoms with E-state index >= 15 is 0 Å². The minimum absolute atomic E-state index is 0.540. The molecule has 1 aromatic carbocycles. The van der Waals surface area contributed by atoms with Gasteiger partial charge in [-0.25, -0.2) is 0 Å². The van der Waals surface area contributed by atoms with Crippen molar-refractivity contribution < 1.29 is 10.2 Å². The third-order valence-electron chi connectivity index (χ3n) is 3.06. The van der Waals surface area contributed by atoms with Gasteiger partial charge in [0, 0.05) is 37.4 Å². The second kappa shape index (κ2) is 4.82. The van der Waals surface area contributed by atoms with E-state index in [0.29, 0.717) is 5.56 Å². The lowest BCUT2D eigenvalue weighted by molar-refractivity contribution is -0.0424. The summed E-state index contributed by atoms with van der Waals surface area (Å²) in [5, 5.41) is 18.0. The van der Waals surface area contributed by atoms with Gasteiger partial charge in [-0.2, -0.15) is 0 Å². The number of benzene rings is 1. The molecule has 1 aromatic rings. The predicted octanol–water partition coefficient (Wildman–Crippen LogP) is 0.422. The molecular formula is C12H18N2O2. The van der Waals surface area contributed by atoms with Crippen LogP contribution in [0.4, 0.5) is 5.69 Å². The van der Waals surface area contributed by atoms with Gasteiger partial charge in [-0.1, -0.05) is 12.1 Å². The van der Waals surface area contributed by atoms with E-state index in [2.05, 4.69) is 16.8 Å². The predicted molar refractivity (Wildman–Crippen MR) is 63.3 cm³/mol. The highest BCUT2D eigenvalue weighted by Crippen LogP contribution is 2.19. The van der Waals surface area contributed by atoms with Crippen molar-refractivity contribution >= 4 is 5.69 Å². The van der Waals surface area contributed by atoms with Crippen LogP contribution < -0.4 is 4.90 Å². The fourth-order valence-electron chi connectivity index (χ4n) is 1.92. The lowest BCUT2D eigenvalue weighted by atomic mass is 10.1. The van der Waals surface area contributed by atoms with Crippen LogP contribution >= 0.6 is 0 Å². The fourth-order valence-corrected chi connectivity index (χ4v) is 1.92. The van der Waals surface area contributed by atoms with Crippen LogP contribution in [0.5, 0.6) is 0 Å². The van der Waals surface area contributed by atoms with Crippen LogP contribution in [0.25, 0.3) is 0 Å². The number of anilines is 1. The fraction of sp³-hybridized carbons (Fsp3) is 0.500. The zero-order valence-corrected chi connectivity index (χ0v) is 9.50. The van der Waals surface area contributed by atoms with Crippen LogP contribution in [0.1, 0.15) is 11.9 Å². The van der Waals surface area contributed by atoms with Gasteiger partial charge in [0.05, 0.1) is 0 Å². The van der Waals surface area contributed by atoms with Gasteiger partial charge in [-0.3, -0.25) is 0 Å². The number of aliphatic hydroxyl groups is 2. The minimum atomic E-state index is -1.37. The second-order valence-corrected chi connectivity index (χ2v) is 4.26. The van der Waals surface area contributed by atoms with Gasteiger partial charge in [0.1, 0.15) is 0 Å². The molecule has 2 N–H and O–H groups in total. The second-order valence-electron chi connectivity index (χ2n) is 4.26. The molecule has 0 aromatic heterocycles. The molecule has 4 heteroatoms. The Morgan fingerprint density at radius 3 is 2.06 bits per heavy atom. The van der Waals surface area contributed by atoms with Gasteiger partial charge in [0.2, 0.25) is 0 Å². The Balaban J connectivity index is 2.04. The van der Waals surface area contributed by atoms with Gasteiger partial charge in [0.15, 0.2) is 6.29 Å². The van der Waals surface area contributed by atoms with Crippen molar-refractivity contribution in [3.05, 3.63) is 29.8 Å². The van der Waals surface area contributed by atoms with Crippen molar-refractivity contribution in [3.8, 4) is 0 Å². The Morgan fingerprint density at radius 1 is 1.00 bits per heavy atom. The van der Waals surface area contributed by atoms with E-state index in [4.69, 9.17) is 10.2 Å². The molecule has 2 rings (SSSR count). The number of rotatable bonds is 2. The van der Waals surface area contributed by atoms with E-state index in [0.717, 1.165) is 31.9 Å². The highest BCUT2D eigenvalue weighted by Gasteiger charge is 2.14. The summed E-state index contributed by atoms with van der Waals surface area (Å²) in [5.41, 5.74) is 1.69. The Labute approximate surface area is 95.7 Å². The number of aliphatic hydroxyl groups excluding tert-OH is 1. The molecule has 88 valence electrons. The molecule has 0 saturated carbocycles. The molecule has 0 atom stereocenters. The molecule has 0 radical (unpaired) electrons. The van der Waals surface area contributed by atoms with E-state index in [9.17, 15) is 0 Å². The summed E-state index contributed by atoms with van der Waals surface area (Å²) in [7, 11) is 2.13. The van der Waals surface area contributed by atoms with Crippen molar-refractivity contribution in [3.63, 3.8) is 0 Å². The molecule has 1 fully saturated rings. The first-order valence-corrected chi connectivity index (χ1v) is 5.56. The molecular weight excluding hydrogens is 204 g/mol. The largest absolute Gasteiger partial charge is 0.369 e. The van der Waals surface area contributed by atoms with Crippen molar-refractivity contribution in [2.45, 2.75) is 6.29 Å². The van der Waals surface area contributed by atoms with Gasteiger partial charge >= 0.3 is 0 Å². The monoisotopic (exact) mass is 222 g/mol. The highest BCUT2D eigenvalue weighted by molar-refractivity contribution is 5.48. The first-order valence-electron chi connectivity index (χ1n) is 5.56. The summed E-state index contributed by atoms with van der Waals surface area (Å²) >= 11 is 0. The Bertz CT molecular complexity index is 329. The highest BCUT2D eigenvalue weighted by atomic mass is 16.5. The summed E-state index contributed by atoms with van der Waals surface area (Å²) in [6.07, 6.45) is -1.37. The maximum atomic E-state index is 8.99. The number of nitrogens with zero attached hydrogens (tertiary/aromatic N) is 2. The third kappa shape index (κ3) is 2.52. The lowest BCUT2D eigenvalue weighted by Gasteiger charge is -2.34. The molecule has 1 heterocycles. The number of hydrogen-bond acceptors (Lipinski definition) is 4. The first-order chi connectivity index (χ1) is 7.66. The minimum Gasteiger partial charge on any atom is -0.369 e. The number of likely N-dealkylation sites (N-methyl/N-ethyl adjacent to an activating group) is 1. The SMILES string of the molecule is CN1CCN(c2ccc(C(O)O)cc2)CC1. The van der Waals surface area contributed by atoms with Gasteiger partial charge in [0.25, 0.3) is 0 Å². The van der Waals surface area contributed by atoms with E-state index in [1.165, 1.54) is 0 Å². The molecule has 1 aliphatic heterocycles. The molecule has 0 unspecified atom stereocenters. The first kappa shape index (κ1) is 11.4. The van der Waals surface area contributed by atoms with Gasteiger partial charge < -0.3 is 20.0 Å². The van der Waals surface area contributed by atoms with Crippen LogP contribution in [0, 0.1) is 0 Å². The topological polar surface area (TPSA) is 46.9 Å². The van der Waals surface area contributed by atoms with Gasteiger partial charge in [-0.05, 0) is 19.2 Å². The summed E-state index contributed by atoms with van der Waals surface area (Å²) in [6.45, 7) is 4.20. The lowest BCUT2D eigenvalue weighted by Crippen LogP contribution is -2.44. The van der Waals surface area contributed by atoms with E-state index in [1.54, 1.807) is 12.1 Å². The van der Waals surface area contributed by atoms with Crippen LogP contribution in [-0.2, 0) is 0 Å². The molecule has 1 saturated heterocycles.